The molecule has 2 heteroatoms. The average Bonchev–Trinajstić information content (AvgIpc) is 3.84. The second-order valence-corrected chi connectivity index (χ2v) is 15.8. The topological polar surface area (TPSA) is 9.86 Å². The summed E-state index contributed by atoms with van der Waals surface area (Å²) in [7, 11) is 0. The fraction of sp³-hybridized carbons (Fsp3) is 0. The molecule has 0 unspecified atom stereocenters. The standard InChI is InChI=1S/C58H38N2/c1-3-11-39(12-4-1)41-25-30-49(31-26-41)59-55-17-9-7-15-51(55)53-33-28-48(38-58(53)59)43-21-19-42(20-22-43)47-29-34-57-54(37-47)52-16-8-10-18-56(52)60(57)50-32-27-45-35-44(23-24-46(45)36-50)40-13-5-2-6-14-40/h1-38H. The third kappa shape index (κ3) is 5.65. The van der Waals surface area contributed by atoms with E-state index in [0.29, 0.717) is 0 Å². The van der Waals surface area contributed by atoms with Gasteiger partial charge in [-0.1, -0.05) is 170 Å². The number of rotatable bonds is 6. The number of benzene rings is 10. The molecule has 2 heterocycles. The van der Waals surface area contributed by atoms with Crippen LogP contribution in [-0.2, 0) is 0 Å². The summed E-state index contributed by atoms with van der Waals surface area (Å²) in [6.45, 7) is 0. The summed E-state index contributed by atoms with van der Waals surface area (Å²) >= 11 is 0. The molecule has 0 radical (unpaired) electrons. The smallest absolute Gasteiger partial charge is 0.0547 e. The fourth-order valence-corrected chi connectivity index (χ4v) is 9.33. The Kier molecular flexibility index (Phi) is 7.89. The first-order valence-electron chi connectivity index (χ1n) is 20.7. The lowest BCUT2D eigenvalue weighted by molar-refractivity contribution is 1.18. The van der Waals surface area contributed by atoms with Crippen molar-refractivity contribution in [2.24, 2.45) is 0 Å². The molecule has 12 rings (SSSR count). The van der Waals surface area contributed by atoms with Gasteiger partial charge in [-0.3, -0.25) is 0 Å². The summed E-state index contributed by atoms with van der Waals surface area (Å²) in [6.07, 6.45) is 0. The van der Waals surface area contributed by atoms with Crippen molar-refractivity contribution in [1.82, 2.24) is 9.13 Å². The summed E-state index contributed by atoms with van der Waals surface area (Å²) in [5.41, 5.74) is 16.9. The number of hydrogen-bond donors (Lipinski definition) is 0. The Bertz CT molecular complexity index is 3550. The van der Waals surface area contributed by atoms with Gasteiger partial charge in [0.2, 0.25) is 0 Å². The number of aromatic nitrogens is 2. The van der Waals surface area contributed by atoms with Gasteiger partial charge in [0.1, 0.15) is 0 Å². The highest BCUT2D eigenvalue weighted by Gasteiger charge is 2.16. The highest BCUT2D eigenvalue weighted by molar-refractivity contribution is 6.12. The van der Waals surface area contributed by atoms with Crippen LogP contribution in [0.2, 0.25) is 0 Å². The van der Waals surface area contributed by atoms with E-state index >= 15 is 0 Å². The number of para-hydroxylation sites is 2. The quantitative estimate of drug-likeness (QED) is 0.160. The lowest BCUT2D eigenvalue weighted by Gasteiger charge is -2.11. The van der Waals surface area contributed by atoms with Gasteiger partial charge >= 0.3 is 0 Å². The van der Waals surface area contributed by atoms with E-state index in [4.69, 9.17) is 0 Å². The molecule has 0 aliphatic carbocycles. The van der Waals surface area contributed by atoms with E-state index < -0.39 is 0 Å². The maximum atomic E-state index is 2.41. The summed E-state index contributed by atoms with van der Waals surface area (Å²) < 4.78 is 4.82. The molecule has 0 saturated carbocycles. The van der Waals surface area contributed by atoms with E-state index in [0.717, 1.165) is 5.69 Å². The summed E-state index contributed by atoms with van der Waals surface area (Å²) in [5, 5.41) is 7.49. The molecule has 0 atom stereocenters. The van der Waals surface area contributed by atoms with E-state index in [9.17, 15) is 0 Å². The molecule has 0 bridgehead atoms. The molecule has 0 aliphatic rings. The number of fused-ring (bicyclic) bond motifs is 7. The van der Waals surface area contributed by atoms with Crippen LogP contribution in [0.4, 0.5) is 0 Å². The van der Waals surface area contributed by atoms with Gasteiger partial charge in [0.25, 0.3) is 0 Å². The van der Waals surface area contributed by atoms with Crippen molar-refractivity contribution < 1.29 is 0 Å². The van der Waals surface area contributed by atoms with E-state index in [2.05, 4.69) is 240 Å². The molecule has 0 amide bonds. The molecule has 10 aromatic carbocycles. The third-order valence-electron chi connectivity index (χ3n) is 12.3. The highest BCUT2D eigenvalue weighted by atomic mass is 15.0. The summed E-state index contributed by atoms with van der Waals surface area (Å²) in [6, 6.07) is 84.2. The zero-order chi connectivity index (χ0) is 39.6. The molecule has 60 heavy (non-hydrogen) atoms. The minimum atomic E-state index is 1.16. The molecular formula is C58H38N2. The predicted molar refractivity (Wildman–Crippen MR) is 254 cm³/mol. The molecule has 0 aliphatic heterocycles. The zero-order valence-electron chi connectivity index (χ0n) is 32.8. The minimum Gasteiger partial charge on any atom is -0.309 e. The van der Waals surface area contributed by atoms with Gasteiger partial charge < -0.3 is 9.13 Å². The first-order chi connectivity index (χ1) is 29.7. The lowest BCUT2D eigenvalue weighted by atomic mass is 9.98. The normalized spacial score (nSPS) is 11.7. The molecule has 0 N–H and O–H groups in total. The largest absolute Gasteiger partial charge is 0.309 e. The van der Waals surface area contributed by atoms with Gasteiger partial charge in [-0.25, -0.2) is 0 Å². The van der Waals surface area contributed by atoms with Crippen LogP contribution in [0, 0.1) is 0 Å². The van der Waals surface area contributed by atoms with Crippen LogP contribution >= 0.6 is 0 Å². The molecule has 2 nitrogen and oxygen atoms in total. The Morgan fingerprint density at radius 1 is 0.200 bits per heavy atom. The average molecular weight is 763 g/mol. The monoisotopic (exact) mass is 762 g/mol. The maximum absolute atomic E-state index is 2.41. The molecule has 0 saturated heterocycles. The minimum absolute atomic E-state index is 1.16. The van der Waals surface area contributed by atoms with Crippen molar-refractivity contribution in [1.29, 1.82) is 0 Å². The third-order valence-corrected chi connectivity index (χ3v) is 12.3. The van der Waals surface area contributed by atoms with Crippen molar-refractivity contribution in [3.8, 4) is 55.9 Å². The Balaban J connectivity index is 0.896. The van der Waals surface area contributed by atoms with E-state index in [1.54, 1.807) is 0 Å². The first-order valence-corrected chi connectivity index (χ1v) is 20.7. The Labute approximate surface area is 348 Å². The number of nitrogens with zero attached hydrogens (tertiary/aromatic N) is 2. The van der Waals surface area contributed by atoms with Crippen molar-refractivity contribution in [2.45, 2.75) is 0 Å². The van der Waals surface area contributed by atoms with Crippen molar-refractivity contribution in [3.63, 3.8) is 0 Å². The fourth-order valence-electron chi connectivity index (χ4n) is 9.33. The van der Waals surface area contributed by atoms with Gasteiger partial charge in [0.15, 0.2) is 0 Å². The van der Waals surface area contributed by atoms with Crippen LogP contribution in [0.1, 0.15) is 0 Å². The number of hydrogen-bond acceptors (Lipinski definition) is 0. The SMILES string of the molecule is c1ccc(-c2ccc(-n3c4ccccc4c4ccc(-c5ccc(-c6ccc7c(c6)c6ccccc6n7-c6ccc7cc(-c8ccccc8)ccc7c6)cc5)cc43)cc2)cc1. The molecule has 0 spiro atoms. The Morgan fingerprint density at radius 2 is 0.600 bits per heavy atom. The maximum Gasteiger partial charge on any atom is 0.0547 e. The molecule has 2 aromatic heterocycles. The molecule has 0 fully saturated rings. The highest BCUT2D eigenvalue weighted by Crippen LogP contribution is 2.38. The van der Waals surface area contributed by atoms with Crippen LogP contribution in [0.5, 0.6) is 0 Å². The van der Waals surface area contributed by atoms with Crippen LogP contribution in [0.25, 0.3) is 110 Å². The summed E-state index contributed by atoms with van der Waals surface area (Å²) in [4.78, 5) is 0. The van der Waals surface area contributed by atoms with E-state index in [1.165, 1.54) is 105 Å². The van der Waals surface area contributed by atoms with Crippen LogP contribution in [0.3, 0.4) is 0 Å². The van der Waals surface area contributed by atoms with Gasteiger partial charge in [0.05, 0.1) is 22.1 Å². The van der Waals surface area contributed by atoms with E-state index in [-0.39, 0.29) is 0 Å². The first kappa shape index (κ1) is 34.1. The van der Waals surface area contributed by atoms with Gasteiger partial charge in [-0.05, 0) is 116 Å². The van der Waals surface area contributed by atoms with Crippen LogP contribution < -0.4 is 0 Å². The van der Waals surface area contributed by atoms with Crippen LogP contribution in [-0.4, -0.2) is 9.13 Å². The van der Waals surface area contributed by atoms with Crippen molar-refractivity contribution in [2.75, 3.05) is 0 Å². The van der Waals surface area contributed by atoms with E-state index in [1.807, 2.05) is 0 Å². The second-order valence-electron chi connectivity index (χ2n) is 15.8. The lowest BCUT2D eigenvalue weighted by Crippen LogP contribution is -1.94. The Hall–Kier alpha value is -7.94. The summed E-state index contributed by atoms with van der Waals surface area (Å²) in [5.74, 6) is 0. The van der Waals surface area contributed by atoms with Gasteiger partial charge in [-0.15, -0.1) is 0 Å². The van der Waals surface area contributed by atoms with Crippen molar-refractivity contribution >= 4 is 54.4 Å². The molecule has 280 valence electrons. The van der Waals surface area contributed by atoms with Gasteiger partial charge in [0, 0.05) is 32.9 Å². The Morgan fingerprint density at radius 3 is 1.30 bits per heavy atom. The van der Waals surface area contributed by atoms with Crippen LogP contribution in [0.15, 0.2) is 231 Å². The molecular weight excluding hydrogens is 725 g/mol. The van der Waals surface area contributed by atoms with Crippen molar-refractivity contribution in [3.05, 3.63) is 231 Å². The zero-order valence-corrected chi connectivity index (χ0v) is 32.8. The predicted octanol–water partition coefficient (Wildman–Crippen LogP) is 15.7. The van der Waals surface area contributed by atoms with Gasteiger partial charge in [-0.2, -0.15) is 0 Å². The molecule has 12 aromatic rings. The second kappa shape index (κ2) is 13.9.